The number of nitrogens with two attached hydrogens (primary N) is 1. The largest absolute Gasteiger partial charge is 0.496 e. The number of nitrogen functional groups attached to an aromatic ring is 1. The summed E-state index contributed by atoms with van der Waals surface area (Å²) < 4.78 is 5.32. The molecule has 0 aliphatic carbocycles. The summed E-state index contributed by atoms with van der Waals surface area (Å²) in [6.45, 7) is 0.611. The Balaban J connectivity index is 2.25. The van der Waals surface area contributed by atoms with Crippen LogP contribution in [-0.2, 0) is 6.54 Å². The number of rotatable bonds is 4. The molecular weight excluding hydrogens is 264 g/mol. The Morgan fingerprint density at radius 1 is 1.37 bits per heavy atom. The number of anilines is 2. The summed E-state index contributed by atoms with van der Waals surface area (Å²) >= 11 is 6.08. The maximum Gasteiger partial charge on any atom is 0.222 e. The molecule has 1 aromatic carbocycles. The monoisotopic (exact) mass is 278 g/mol. The molecule has 0 atom stereocenters. The predicted octanol–water partition coefficient (Wildman–Crippen LogP) is 2.36. The van der Waals surface area contributed by atoms with Gasteiger partial charge >= 0.3 is 0 Å². The minimum Gasteiger partial charge on any atom is -0.496 e. The van der Waals surface area contributed by atoms with E-state index in [1.165, 1.54) is 6.20 Å². The summed E-state index contributed by atoms with van der Waals surface area (Å²) in [6, 6.07) is 7.80. The summed E-state index contributed by atoms with van der Waals surface area (Å²) in [5.41, 5.74) is 6.62. The Bertz CT molecular complexity index is 576. The van der Waals surface area contributed by atoms with E-state index in [1.54, 1.807) is 7.11 Å². The number of benzene rings is 1. The van der Waals surface area contributed by atoms with Crippen LogP contribution < -0.4 is 15.4 Å². The highest BCUT2D eigenvalue weighted by Gasteiger charge is 2.11. The third kappa shape index (κ3) is 3.06. The summed E-state index contributed by atoms with van der Waals surface area (Å²) in [7, 11) is 3.54. The lowest BCUT2D eigenvalue weighted by atomic mass is 10.2. The van der Waals surface area contributed by atoms with E-state index in [4.69, 9.17) is 22.1 Å². The van der Waals surface area contributed by atoms with Crippen LogP contribution in [0, 0.1) is 0 Å². The summed E-state index contributed by atoms with van der Waals surface area (Å²) in [5.74, 6) is 1.62. The highest BCUT2D eigenvalue weighted by atomic mass is 35.5. The van der Waals surface area contributed by atoms with Crippen LogP contribution >= 0.6 is 11.6 Å². The fraction of sp³-hybridized carbons (Fsp3) is 0.231. The average Bonchev–Trinajstić information content (AvgIpc) is 2.42. The number of hydrogen-bond acceptors (Lipinski definition) is 5. The van der Waals surface area contributed by atoms with Gasteiger partial charge in [-0.2, -0.15) is 4.98 Å². The van der Waals surface area contributed by atoms with Crippen molar-refractivity contribution in [3.8, 4) is 5.75 Å². The van der Waals surface area contributed by atoms with Crippen LogP contribution in [-0.4, -0.2) is 24.1 Å². The van der Waals surface area contributed by atoms with Crippen molar-refractivity contribution < 1.29 is 4.74 Å². The molecule has 1 heterocycles. The van der Waals surface area contributed by atoms with Gasteiger partial charge in [0.1, 0.15) is 10.8 Å². The van der Waals surface area contributed by atoms with Gasteiger partial charge in [0.05, 0.1) is 13.3 Å². The number of ether oxygens (including phenoxy) is 1. The molecule has 1 aromatic heterocycles. The van der Waals surface area contributed by atoms with Crippen molar-refractivity contribution in [2.75, 3.05) is 24.8 Å². The van der Waals surface area contributed by atoms with Gasteiger partial charge in [-0.25, -0.2) is 4.98 Å². The Morgan fingerprint density at radius 3 is 2.84 bits per heavy atom. The second-order valence-electron chi connectivity index (χ2n) is 4.07. The number of aromatic nitrogens is 2. The molecule has 0 aliphatic heterocycles. The number of para-hydroxylation sites is 1. The Kier molecular flexibility index (Phi) is 4.06. The van der Waals surface area contributed by atoms with Crippen molar-refractivity contribution in [2.24, 2.45) is 0 Å². The molecule has 6 heteroatoms. The molecule has 5 nitrogen and oxygen atoms in total. The third-order valence-corrected chi connectivity index (χ3v) is 2.97. The maximum absolute atomic E-state index is 6.08. The topological polar surface area (TPSA) is 64.3 Å². The van der Waals surface area contributed by atoms with E-state index < -0.39 is 0 Å². The SMILES string of the molecule is COc1ccccc1CN(C)c1nc(N)ncc1Cl. The molecule has 0 saturated heterocycles. The van der Waals surface area contributed by atoms with E-state index in [2.05, 4.69) is 9.97 Å². The summed E-state index contributed by atoms with van der Waals surface area (Å²) in [6.07, 6.45) is 1.50. The van der Waals surface area contributed by atoms with Crippen LogP contribution in [0.2, 0.25) is 5.02 Å². The van der Waals surface area contributed by atoms with Gasteiger partial charge in [0.25, 0.3) is 0 Å². The highest BCUT2D eigenvalue weighted by Crippen LogP contribution is 2.25. The zero-order chi connectivity index (χ0) is 13.8. The quantitative estimate of drug-likeness (QED) is 0.930. The lowest BCUT2D eigenvalue weighted by molar-refractivity contribution is 0.409. The van der Waals surface area contributed by atoms with E-state index in [0.717, 1.165) is 11.3 Å². The van der Waals surface area contributed by atoms with Gasteiger partial charge in [0, 0.05) is 19.2 Å². The first kappa shape index (κ1) is 13.4. The normalized spacial score (nSPS) is 10.3. The molecular formula is C13H15ClN4O. The van der Waals surface area contributed by atoms with Crippen LogP contribution in [0.1, 0.15) is 5.56 Å². The fourth-order valence-corrected chi connectivity index (χ4v) is 2.04. The molecule has 0 bridgehead atoms. The zero-order valence-electron chi connectivity index (χ0n) is 10.8. The van der Waals surface area contributed by atoms with Gasteiger partial charge in [0.2, 0.25) is 5.95 Å². The third-order valence-electron chi connectivity index (χ3n) is 2.71. The molecule has 2 aromatic rings. The molecule has 2 N–H and O–H groups in total. The number of methoxy groups -OCH3 is 1. The Morgan fingerprint density at radius 2 is 2.11 bits per heavy atom. The maximum atomic E-state index is 6.08. The van der Waals surface area contributed by atoms with Crippen molar-refractivity contribution in [2.45, 2.75) is 6.54 Å². The van der Waals surface area contributed by atoms with Crippen LogP contribution in [0.15, 0.2) is 30.5 Å². The van der Waals surface area contributed by atoms with Gasteiger partial charge < -0.3 is 15.4 Å². The first-order chi connectivity index (χ1) is 9.11. The highest BCUT2D eigenvalue weighted by molar-refractivity contribution is 6.32. The smallest absolute Gasteiger partial charge is 0.222 e. The van der Waals surface area contributed by atoms with E-state index in [0.29, 0.717) is 17.4 Å². The standard InChI is InChI=1S/C13H15ClN4O/c1-18(12-10(14)7-16-13(15)17-12)8-9-5-3-4-6-11(9)19-2/h3-7H,8H2,1-2H3,(H2,15,16,17). The molecule has 0 radical (unpaired) electrons. The van der Waals surface area contributed by atoms with Gasteiger partial charge in [-0.3, -0.25) is 0 Å². The zero-order valence-corrected chi connectivity index (χ0v) is 11.6. The first-order valence-corrected chi connectivity index (χ1v) is 6.10. The van der Waals surface area contributed by atoms with E-state index in [1.807, 2.05) is 36.2 Å². The fourth-order valence-electron chi connectivity index (χ4n) is 1.80. The molecule has 0 aliphatic rings. The lowest BCUT2D eigenvalue weighted by Crippen LogP contribution is -2.19. The number of hydrogen-bond donors (Lipinski definition) is 1. The Hall–Kier alpha value is -2.01. The van der Waals surface area contributed by atoms with Crippen LogP contribution in [0.4, 0.5) is 11.8 Å². The number of nitrogens with zero attached hydrogens (tertiary/aromatic N) is 3. The van der Waals surface area contributed by atoms with E-state index in [-0.39, 0.29) is 5.95 Å². The second kappa shape index (κ2) is 5.75. The van der Waals surface area contributed by atoms with Crippen LogP contribution in [0.3, 0.4) is 0 Å². The molecule has 0 unspecified atom stereocenters. The average molecular weight is 279 g/mol. The lowest BCUT2D eigenvalue weighted by Gasteiger charge is -2.20. The molecule has 0 amide bonds. The summed E-state index contributed by atoms with van der Waals surface area (Å²) in [4.78, 5) is 9.89. The van der Waals surface area contributed by atoms with Crippen molar-refractivity contribution in [3.05, 3.63) is 41.0 Å². The minimum atomic E-state index is 0.200. The van der Waals surface area contributed by atoms with Crippen LogP contribution in [0.25, 0.3) is 0 Å². The van der Waals surface area contributed by atoms with Gasteiger partial charge in [-0.15, -0.1) is 0 Å². The van der Waals surface area contributed by atoms with Crippen molar-refractivity contribution in [1.82, 2.24) is 9.97 Å². The molecule has 19 heavy (non-hydrogen) atoms. The number of halogens is 1. The van der Waals surface area contributed by atoms with Gasteiger partial charge in [0.15, 0.2) is 5.82 Å². The van der Waals surface area contributed by atoms with Gasteiger partial charge in [-0.1, -0.05) is 29.8 Å². The van der Waals surface area contributed by atoms with Crippen LogP contribution in [0.5, 0.6) is 5.75 Å². The molecule has 0 fully saturated rings. The minimum absolute atomic E-state index is 0.200. The Labute approximate surface area is 117 Å². The van der Waals surface area contributed by atoms with Crippen molar-refractivity contribution in [1.29, 1.82) is 0 Å². The van der Waals surface area contributed by atoms with Crippen molar-refractivity contribution >= 4 is 23.4 Å². The predicted molar refractivity (Wildman–Crippen MR) is 76.6 cm³/mol. The molecule has 2 rings (SSSR count). The van der Waals surface area contributed by atoms with Gasteiger partial charge in [-0.05, 0) is 6.07 Å². The molecule has 100 valence electrons. The van der Waals surface area contributed by atoms with E-state index >= 15 is 0 Å². The van der Waals surface area contributed by atoms with Crippen molar-refractivity contribution in [3.63, 3.8) is 0 Å². The molecule has 0 saturated carbocycles. The van der Waals surface area contributed by atoms with E-state index in [9.17, 15) is 0 Å². The molecule has 0 spiro atoms. The second-order valence-corrected chi connectivity index (χ2v) is 4.47. The summed E-state index contributed by atoms with van der Waals surface area (Å²) in [5, 5.41) is 0.464. The first-order valence-electron chi connectivity index (χ1n) is 5.73.